The van der Waals surface area contributed by atoms with E-state index < -0.39 is 15.9 Å². The molecular formula is C14H23N3O3S. The maximum Gasteiger partial charge on any atom is 0.248 e. The van der Waals surface area contributed by atoms with Crippen LogP contribution < -0.4 is 11.5 Å². The van der Waals surface area contributed by atoms with Gasteiger partial charge in [0.2, 0.25) is 15.9 Å². The molecule has 0 aliphatic carbocycles. The molecule has 0 aliphatic heterocycles. The number of carbonyl (C=O) groups is 1. The van der Waals surface area contributed by atoms with Crippen molar-refractivity contribution < 1.29 is 13.2 Å². The van der Waals surface area contributed by atoms with Gasteiger partial charge in [-0.1, -0.05) is 20.8 Å². The lowest BCUT2D eigenvalue weighted by Crippen LogP contribution is -2.43. The summed E-state index contributed by atoms with van der Waals surface area (Å²) >= 11 is 0. The molecule has 1 unspecified atom stereocenters. The Morgan fingerprint density at radius 2 is 1.81 bits per heavy atom. The molecule has 1 aromatic rings. The third-order valence-corrected chi connectivity index (χ3v) is 5.75. The highest BCUT2D eigenvalue weighted by molar-refractivity contribution is 7.89. The molecule has 1 aromatic carbocycles. The van der Waals surface area contributed by atoms with E-state index >= 15 is 0 Å². The lowest BCUT2D eigenvalue weighted by molar-refractivity contribution is 0.1000. The Morgan fingerprint density at radius 1 is 1.29 bits per heavy atom. The van der Waals surface area contributed by atoms with Crippen LogP contribution in [0.3, 0.4) is 0 Å². The highest BCUT2D eigenvalue weighted by atomic mass is 32.2. The number of amides is 1. The number of rotatable bonds is 4. The van der Waals surface area contributed by atoms with E-state index in [1.807, 2.05) is 27.7 Å². The number of benzene rings is 1. The summed E-state index contributed by atoms with van der Waals surface area (Å²) in [6.45, 7) is 7.72. The van der Waals surface area contributed by atoms with E-state index in [4.69, 9.17) is 11.5 Å². The van der Waals surface area contributed by atoms with Crippen molar-refractivity contribution in [3.05, 3.63) is 23.8 Å². The average Bonchev–Trinajstić information content (AvgIpc) is 2.35. The summed E-state index contributed by atoms with van der Waals surface area (Å²) in [4.78, 5) is 11.1. The van der Waals surface area contributed by atoms with Gasteiger partial charge in [-0.05, 0) is 30.5 Å². The van der Waals surface area contributed by atoms with E-state index in [1.165, 1.54) is 29.6 Å². The second-order valence-corrected chi connectivity index (χ2v) is 8.15. The monoisotopic (exact) mass is 313 g/mol. The van der Waals surface area contributed by atoms with Crippen LogP contribution in [0.15, 0.2) is 23.1 Å². The Bertz CT molecular complexity index is 648. The number of anilines is 1. The van der Waals surface area contributed by atoms with Crippen molar-refractivity contribution in [1.82, 2.24) is 4.31 Å². The molecule has 118 valence electrons. The van der Waals surface area contributed by atoms with Gasteiger partial charge in [0, 0.05) is 18.7 Å². The van der Waals surface area contributed by atoms with E-state index in [0.29, 0.717) is 0 Å². The third kappa shape index (κ3) is 3.54. The summed E-state index contributed by atoms with van der Waals surface area (Å²) in [7, 11) is -2.22. The first-order valence-electron chi connectivity index (χ1n) is 6.56. The maximum atomic E-state index is 12.7. The lowest BCUT2D eigenvalue weighted by atomic mass is 9.88. The summed E-state index contributed by atoms with van der Waals surface area (Å²) in [5, 5.41) is 0. The first-order valence-corrected chi connectivity index (χ1v) is 8.00. The van der Waals surface area contributed by atoms with Gasteiger partial charge in [-0.3, -0.25) is 4.79 Å². The van der Waals surface area contributed by atoms with Crippen LogP contribution in [0.4, 0.5) is 5.69 Å². The van der Waals surface area contributed by atoms with Gasteiger partial charge < -0.3 is 11.5 Å². The van der Waals surface area contributed by atoms with Gasteiger partial charge in [0.1, 0.15) is 4.90 Å². The Kier molecular flexibility index (Phi) is 4.70. The number of primary amides is 1. The van der Waals surface area contributed by atoms with Gasteiger partial charge in [-0.15, -0.1) is 0 Å². The standard InChI is InChI=1S/C14H23N3O3S/c1-9(14(2,3)4)17(5)21(19,20)12-7-6-10(13(16)18)8-11(12)15/h6-9H,15H2,1-5H3,(H2,16,18). The van der Waals surface area contributed by atoms with Crippen molar-refractivity contribution >= 4 is 21.6 Å². The molecule has 0 bridgehead atoms. The Hall–Kier alpha value is -1.60. The van der Waals surface area contributed by atoms with Crippen LogP contribution in [0, 0.1) is 5.41 Å². The molecule has 0 heterocycles. The van der Waals surface area contributed by atoms with E-state index in [2.05, 4.69) is 0 Å². The summed E-state index contributed by atoms with van der Waals surface area (Å²) in [6.07, 6.45) is 0. The van der Waals surface area contributed by atoms with E-state index in [0.717, 1.165) is 0 Å². The van der Waals surface area contributed by atoms with Gasteiger partial charge in [-0.2, -0.15) is 4.31 Å². The summed E-state index contributed by atoms with van der Waals surface area (Å²) < 4.78 is 26.6. The van der Waals surface area contributed by atoms with Gasteiger partial charge in [0.25, 0.3) is 0 Å². The second kappa shape index (κ2) is 5.65. The minimum atomic E-state index is -3.74. The van der Waals surface area contributed by atoms with Gasteiger partial charge in [0.05, 0.1) is 5.69 Å². The third-order valence-electron chi connectivity index (χ3n) is 3.75. The predicted molar refractivity (Wildman–Crippen MR) is 83.2 cm³/mol. The molecule has 0 radical (unpaired) electrons. The molecule has 0 aromatic heterocycles. The highest BCUT2D eigenvalue weighted by Crippen LogP contribution is 2.30. The molecule has 0 aliphatic rings. The Labute approximate surface area is 126 Å². The summed E-state index contributed by atoms with van der Waals surface area (Å²) in [6, 6.07) is 3.74. The number of nitrogens with two attached hydrogens (primary N) is 2. The first-order chi connectivity index (χ1) is 9.39. The van der Waals surface area contributed by atoms with Crippen molar-refractivity contribution in [2.45, 2.75) is 38.6 Å². The highest BCUT2D eigenvalue weighted by Gasteiger charge is 2.33. The summed E-state index contributed by atoms with van der Waals surface area (Å²) in [5.41, 5.74) is 10.9. The molecule has 1 rings (SSSR count). The normalized spacial score (nSPS) is 14.2. The van der Waals surface area contributed by atoms with Crippen LogP contribution in [0.25, 0.3) is 0 Å². The van der Waals surface area contributed by atoms with Crippen LogP contribution in [0.5, 0.6) is 0 Å². The van der Waals surface area contributed by atoms with Crippen LogP contribution in [-0.2, 0) is 10.0 Å². The smallest absolute Gasteiger partial charge is 0.248 e. The average molecular weight is 313 g/mol. The minimum Gasteiger partial charge on any atom is -0.398 e. The number of carbonyl (C=O) groups excluding carboxylic acids is 1. The molecule has 7 heteroatoms. The van der Waals surface area contributed by atoms with E-state index in [1.54, 1.807) is 0 Å². The van der Waals surface area contributed by atoms with Crippen molar-refractivity contribution in [2.24, 2.45) is 11.1 Å². The number of nitrogens with zero attached hydrogens (tertiary/aromatic N) is 1. The number of nitrogen functional groups attached to an aromatic ring is 1. The van der Waals surface area contributed by atoms with Gasteiger partial charge >= 0.3 is 0 Å². The Morgan fingerprint density at radius 3 is 2.19 bits per heavy atom. The number of sulfonamides is 1. The van der Waals surface area contributed by atoms with E-state index in [9.17, 15) is 13.2 Å². The SMILES string of the molecule is CC(N(C)S(=O)(=O)c1ccc(C(N)=O)cc1N)C(C)(C)C. The van der Waals surface area contributed by atoms with Crippen LogP contribution in [-0.4, -0.2) is 31.7 Å². The zero-order valence-corrected chi connectivity index (χ0v) is 13.9. The summed E-state index contributed by atoms with van der Waals surface area (Å²) in [5.74, 6) is -0.651. The van der Waals surface area contributed by atoms with Crippen LogP contribution in [0.2, 0.25) is 0 Å². The van der Waals surface area contributed by atoms with Crippen LogP contribution in [0.1, 0.15) is 38.1 Å². The van der Waals surface area contributed by atoms with Crippen LogP contribution >= 0.6 is 0 Å². The number of hydrogen-bond donors (Lipinski definition) is 2. The topological polar surface area (TPSA) is 106 Å². The predicted octanol–water partition coefficient (Wildman–Crippen LogP) is 1.42. The van der Waals surface area contributed by atoms with Gasteiger partial charge in [-0.25, -0.2) is 8.42 Å². The van der Waals surface area contributed by atoms with Crippen molar-refractivity contribution in [3.63, 3.8) is 0 Å². The fourth-order valence-corrected chi connectivity index (χ4v) is 3.48. The molecule has 0 saturated carbocycles. The molecule has 21 heavy (non-hydrogen) atoms. The fourth-order valence-electron chi connectivity index (χ4n) is 1.85. The minimum absolute atomic E-state index is 0.0132. The van der Waals surface area contributed by atoms with Crippen molar-refractivity contribution in [2.75, 3.05) is 12.8 Å². The molecule has 0 saturated heterocycles. The second-order valence-electron chi connectivity index (χ2n) is 6.18. The largest absolute Gasteiger partial charge is 0.398 e. The maximum absolute atomic E-state index is 12.7. The molecule has 6 nitrogen and oxygen atoms in total. The molecular weight excluding hydrogens is 290 g/mol. The van der Waals surface area contributed by atoms with Gasteiger partial charge in [0.15, 0.2) is 0 Å². The molecule has 0 spiro atoms. The molecule has 1 atom stereocenters. The Balaban J connectivity index is 3.29. The van der Waals surface area contributed by atoms with Crippen molar-refractivity contribution in [3.8, 4) is 0 Å². The quantitative estimate of drug-likeness (QED) is 0.820. The first kappa shape index (κ1) is 17.5. The molecule has 4 N–H and O–H groups in total. The zero-order chi connectivity index (χ0) is 16.6. The molecule has 0 fully saturated rings. The molecule has 1 amide bonds. The van der Waals surface area contributed by atoms with Crippen molar-refractivity contribution in [1.29, 1.82) is 0 Å². The fraction of sp³-hybridized carbons (Fsp3) is 0.500. The zero-order valence-electron chi connectivity index (χ0n) is 13.0. The lowest BCUT2D eigenvalue weighted by Gasteiger charge is -2.34. The number of hydrogen-bond acceptors (Lipinski definition) is 4. The van der Waals surface area contributed by atoms with E-state index in [-0.39, 0.29) is 27.6 Å².